The molecule has 9 heavy (non-hydrogen) atoms. The van der Waals surface area contributed by atoms with Crippen molar-refractivity contribution in [2.24, 2.45) is 0 Å². The summed E-state index contributed by atoms with van der Waals surface area (Å²) in [6, 6.07) is 1.82. The van der Waals surface area contributed by atoms with Crippen LogP contribution in [0.3, 0.4) is 0 Å². The van der Waals surface area contributed by atoms with Crippen molar-refractivity contribution in [3.8, 4) is 18.0 Å². The van der Waals surface area contributed by atoms with E-state index in [1.165, 1.54) is 0 Å². The molecule has 0 aliphatic heterocycles. The van der Waals surface area contributed by atoms with Crippen LogP contribution in [0.2, 0.25) is 5.82 Å². The Morgan fingerprint density at radius 3 is 1.78 bits per heavy atom. The first-order valence-electron chi connectivity index (χ1n) is 2.45. The van der Waals surface area contributed by atoms with Crippen LogP contribution in [0.1, 0.15) is 6.92 Å². The maximum Gasteiger partial charge on any atom is 0.403 e. The van der Waals surface area contributed by atoms with Crippen LogP contribution in [0.5, 0.6) is 0 Å². The van der Waals surface area contributed by atoms with Gasteiger partial charge >= 0.3 is 6.71 Å². The summed E-state index contributed by atoms with van der Waals surface area (Å²) in [5.74, 6) is 2.95. The normalized spacial score (nSPS) is 10.0. The van der Waals surface area contributed by atoms with Gasteiger partial charge in [-0.2, -0.15) is 5.26 Å². The molecule has 0 aromatic rings. The van der Waals surface area contributed by atoms with Crippen LogP contribution in [-0.4, -0.2) is 6.71 Å². The minimum atomic E-state index is -0.782. The van der Waals surface area contributed by atoms with Crippen molar-refractivity contribution in [1.29, 1.82) is 15.8 Å². The van der Waals surface area contributed by atoms with Gasteiger partial charge in [0.25, 0.3) is 0 Å². The van der Waals surface area contributed by atoms with Gasteiger partial charge in [0, 0.05) is 11.9 Å². The summed E-state index contributed by atoms with van der Waals surface area (Å²) in [4.78, 5) is 0. The van der Waals surface area contributed by atoms with Crippen LogP contribution in [0, 0.1) is 33.8 Å². The minimum absolute atomic E-state index is 0.486. The van der Waals surface area contributed by atoms with Gasteiger partial charge in [-0.1, -0.05) is 6.92 Å². The Morgan fingerprint density at radius 1 is 1.22 bits per heavy atom. The molecule has 1 atom stereocenters. The Morgan fingerprint density at radius 2 is 1.67 bits per heavy atom. The molecule has 0 aliphatic carbocycles. The van der Waals surface area contributed by atoms with Crippen molar-refractivity contribution in [3.05, 3.63) is 0 Å². The largest absolute Gasteiger partial charge is 0.403 e. The maximum atomic E-state index is 8.22. The summed E-state index contributed by atoms with van der Waals surface area (Å²) in [7, 11) is 0. The second kappa shape index (κ2) is 3.53. The van der Waals surface area contributed by atoms with E-state index in [1.54, 1.807) is 18.9 Å². The molecule has 0 spiro atoms. The average molecular weight is 117 g/mol. The molecule has 3 nitrogen and oxygen atoms in total. The third-order valence-electron chi connectivity index (χ3n) is 0.982. The van der Waals surface area contributed by atoms with Crippen LogP contribution in [0.4, 0.5) is 0 Å². The summed E-state index contributed by atoms with van der Waals surface area (Å²) >= 11 is 0. The molecule has 4 heteroatoms. The topological polar surface area (TPSA) is 71.4 Å². The quantitative estimate of drug-likeness (QED) is 0.470. The molecule has 0 bridgehead atoms. The van der Waals surface area contributed by atoms with Gasteiger partial charge in [-0.15, -0.1) is 0 Å². The predicted molar refractivity (Wildman–Crippen MR) is 32.0 cm³/mol. The molecular formula is C5H4BN3. The number of hydrogen-bond acceptors (Lipinski definition) is 3. The Hall–Kier alpha value is -1.47. The monoisotopic (exact) mass is 117 g/mol. The molecule has 0 amide bonds. The highest BCUT2D eigenvalue weighted by Gasteiger charge is 2.21. The van der Waals surface area contributed by atoms with E-state index in [4.69, 9.17) is 15.8 Å². The highest BCUT2D eigenvalue weighted by molar-refractivity contribution is 6.76. The van der Waals surface area contributed by atoms with Gasteiger partial charge in [-0.05, 0) is 0 Å². The van der Waals surface area contributed by atoms with Gasteiger partial charge in [-0.3, -0.25) is 0 Å². The zero-order chi connectivity index (χ0) is 7.28. The summed E-state index contributed by atoms with van der Waals surface area (Å²) < 4.78 is 0. The lowest BCUT2D eigenvalue weighted by molar-refractivity contribution is 1.18. The fourth-order valence-corrected chi connectivity index (χ4v) is 0.327. The second-order valence-electron chi connectivity index (χ2n) is 1.65. The molecule has 0 rings (SSSR count). The van der Waals surface area contributed by atoms with Crippen LogP contribution < -0.4 is 0 Å². The van der Waals surface area contributed by atoms with Crippen LogP contribution in [0.25, 0.3) is 0 Å². The van der Waals surface area contributed by atoms with Crippen LogP contribution in [0.15, 0.2) is 0 Å². The number of rotatable bonds is 1. The maximum absolute atomic E-state index is 8.22. The van der Waals surface area contributed by atoms with Gasteiger partial charge in [0.1, 0.15) is 0 Å². The summed E-state index contributed by atoms with van der Waals surface area (Å²) in [6.07, 6.45) is 0. The average Bonchev–Trinajstić information content (AvgIpc) is 1.90. The molecular weight excluding hydrogens is 113 g/mol. The van der Waals surface area contributed by atoms with E-state index in [0.29, 0.717) is 0 Å². The van der Waals surface area contributed by atoms with Crippen molar-refractivity contribution >= 4 is 6.71 Å². The summed E-state index contributed by atoms with van der Waals surface area (Å²) in [5.41, 5.74) is 0. The fourth-order valence-electron chi connectivity index (χ4n) is 0.327. The van der Waals surface area contributed by atoms with Crippen molar-refractivity contribution in [2.75, 3.05) is 0 Å². The SMILES string of the molecule is CC(C#N)B(C#N)C#N. The molecule has 0 aromatic carbocycles. The molecule has 0 saturated heterocycles. The van der Waals surface area contributed by atoms with Crippen LogP contribution >= 0.6 is 0 Å². The molecule has 1 unspecified atom stereocenters. The van der Waals surface area contributed by atoms with Crippen molar-refractivity contribution < 1.29 is 0 Å². The predicted octanol–water partition coefficient (Wildman–Crippen LogP) is 0.520. The fraction of sp³-hybridized carbons (Fsp3) is 0.400. The summed E-state index contributed by atoms with van der Waals surface area (Å²) in [5, 5.41) is 24.6. The smallest absolute Gasteiger partial charge is 0.211 e. The Kier molecular flexibility index (Phi) is 2.95. The Balaban J connectivity index is 4.08. The zero-order valence-corrected chi connectivity index (χ0v) is 5.00. The van der Waals surface area contributed by atoms with E-state index < -0.39 is 12.5 Å². The van der Waals surface area contributed by atoms with E-state index in [1.807, 2.05) is 6.07 Å². The summed E-state index contributed by atoms with van der Waals surface area (Å²) in [6.45, 7) is 0.770. The van der Waals surface area contributed by atoms with Gasteiger partial charge < -0.3 is 0 Å². The molecule has 0 fully saturated rings. The zero-order valence-electron chi connectivity index (χ0n) is 5.00. The lowest BCUT2D eigenvalue weighted by Crippen LogP contribution is -2.12. The molecule has 42 valence electrons. The van der Waals surface area contributed by atoms with Crippen molar-refractivity contribution in [3.63, 3.8) is 0 Å². The molecule has 0 saturated carbocycles. The van der Waals surface area contributed by atoms with Crippen LogP contribution in [-0.2, 0) is 0 Å². The van der Waals surface area contributed by atoms with Crippen molar-refractivity contribution in [2.45, 2.75) is 12.7 Å². The minimum Gasteiger partial charge on any atom is -0.211 e. The highest BCUT2D eigenvalue weighted by atomic mass is 14.3. The molecule has 0 N–H and O–H groups in total. The van der Waals surface area contributed by atoms with Crippen molar-refractivity contribution in [1.82, 2.24) is 0 Å². The van der Waals surface area contributed by atoms with E-state index in [9.17, 15) is 0 Å². The Bertz CT molecular complexity index is 190. The molecule has 0 aromatic heterocycles. The van der Waals surface area contributed by atoms with Gasteiger partial charge in [-0.25, -0.2) is 10.5 Å². The van der Waals surface area contributed by atoms with E-state index in [2.05, 4.69) is 0 Å². The lowest BCUT2D eigenvalue weighted by atomic mass is 9.45. The second-order valence-corrected chi connectivity index (χ2v) is 1.65. The van der Waals surface area contributed by atoms with Gasteiger partial charge in [0.05, 0.1) is 11.9 Å². The molecule has 0 aliphatic rings. The molecule has 0 radical (unpaired) electrons. The first-order valence-corrected chi connectivity index (χ1v) is 2.45. The van der Waals surface area contributed by atoms with E-state index in [0.717, 1.165) is 0 Å². The lowest BCUT2D eigenvalue weighted by Gasteiger charge is -1.91. The highest BCUT2D eigenvalue weighted by Crippen LogP contribution is 2.03. The van der Waals surface area contributed by atoms with E-state index >= 15 is 0 Å². The van der Waals surface area contributed by atoms with Gasteiger partial charge in [0.2, 0.25) is 0 Å². The number of nitrogens with zero attached hydrogens (tertiary/aromatic N) is 3. The van der Waals surface area contributed by atoms with E-state index in [-0.39, 0.29) is 0 Å². The first kappa shape index (κ1) is 7.53. The first-order chi connectivity index (χ1) is 4.26. The standard InChI is InChI=1S/C5H4BN3/c1-5(2-7)6(3-8)4-9/h5H,1H3. The molecule has 0 heterocycles. The Labute approximate surface area is 54.2 Å². The third kappa shape index (κ3) is 1.84. The number of hydrogen-bond donors (Lipinski definition) is 0. The third-order valence-corrected chi connectivity index (χ3v) is 0.982. The number of nitriles is 3. The van der Waals surface area contributed by atoms with Gasteiger partial charge in [0.15, 0.2) is 0 Å².